The molecule has 0 bridgehead atoms. The number of hydrogen-bond acceptors (Lipinski definition) is 4. The summed E-state index contributed by atoms with van der Waals surface area (Å²) >= 11 is 0. The molecule has 0 saturated carbocycles. The Morgan fingerprint density at radius 1 is 1.00 bits per heavy atom. The lowest BCUT2D eigenvalue weighted by molar-refractivity contribution is 0.132. The van der Waals surface area contributed by atoms with Crippen LogP contribution in [0.15, 0.2) is 54.6 Å². The quantitative estimate of drug-likeness (QED) is 0.786. The number of hydrogen-bond donors (Lipinski definition) is 2. The minimum atomic E-state index is -0.367. The molecule has 23 heavy (non-hydrogen) atoms. The Morgan fingerprint density at radius 2 is 1.61 bits per heavy atom. The predicted octanol–water partition coefficient (Wildman–Crippen LogP) is 3.05. The van der Waals surface area contributed by atoms with Crippen LogP contribution in [0.4, 0.5) is 0 Å². The first-order chi connectivity index (χ1) is 11.0. The van der Waals surface area contributed by atoms with Crippen molar-refractivity contribution in [2.24, 2.45) is 0 Å². The summed E-state index contributed by atoms with van der Waals surface area (Å²) < 4.78 is 5.79. The van der Waals surface area contributed by atoms with Gasteiger partial charge in [0.1, 0.15) is 11.5 Å². The average molecular weight is 314 g/mol. The Hall–Kier alpha value is -1.88. The van der Waals surface area contributed by atoms with Crippen LogP contribution < -0.4 is 10.1 Å². The standard InChI is InChI=1S/C19H26N2O2/c1-15(20-13-17(22)14-21(2)3)16-9-11-19(12-10-16)23-18-7-5-4-6-8-18/h4-12,15,17,20,22H,13-14H2,1-3H3. The first kappa shape index (κ1) is 17.5. The fourth-order valence-corrected chi connectivity index (χ4v) is 2.37. The Balaban J connectivity index is 1.86. The zero-order valence-corrected chi connectivity index (χ0v) is 14.1. The molecule has 0 aromatic heterocycles. The van der Waals surface area contributed by atoms with E-state index >= 15 is 0 Å². The van der Waals surface area contributed by atoms with E-state index in [4.69, 9.17) is 4.74 Å². The second-order valence-electron chi connectivity index (χ2n) is 6.03. The Morgan fingerprint density at radius 3 is 2.22 bits per heavy atom. The van der Waals surface area contributed by atoms with Gasteiger partial charge in [0.05, 0.1) is 6.10 Å². The van der Waals surface area contributed by atoms with E-state index < -0.39 is 0 Å². The first-order valence-electron chi connectivity index (χ1n) is 7.93. The zero-order valence-electron chi connectivity index (χ0n) is 14.1. The van der Waals surface area contributed by atoms with E-state index in [9.17, 15) is 5.11 Å². The minimum Gasteiger partial charge on any atom is -0.457 e. The molecule has 2 atom stereocenters. The molecule has 4 nitrogen and oxygen atoms in total. The third-order valence-electron chi connectivity index (χ3n) is 3.59. The van der Waals surface area contributed by atoms with Gasteiger partial charge in [-0.2, -0.15) is 0 Å². The topological polar surface area (TPSA) is 44.7 Å². The van der Waals surface area contributed by atoms with Gasteiger partial charge < -0.3 is 20.1 Å². The van der Waals surface area contributed by atoms with Gasteiger partial charge in [-0.15, -0.1) is 0 Å². The molecule has 0 aliphatic heterocycles. The molecule has 2 aromatic rings. The molecule has 0 saturated heterocycles. The lowest BCUT2D eigenvalue weighted by Gasteiger charge is -2.20. The number of aliphatic hydroxyl groups excluding tert-OH is 1. The van der Waals surface area contributed by atoms with Crippen LogP contribution in [0.3, 0.4) is 0 Å². The van der Waals surface area contributed by atoms with Gasteiger partial charge in [-0.05, 0) is 50.8 Å². The third kappa shape index (κ3) is 6.02. The summed E-state index contributed by atoms with van der Waals surface area (Å²) in [7, 11) is 3.91. The van der Waals surface area contributed by atoms with Gasteiger partial charge in [0, 0.05) is 19.1 Å². The highest BCUT2D eigenvalue weighted by atomic mass is 16.5. The summed E-state index contributed by atoms with van der Waals surface area (Å²) in [6.07, 6.45) is -0.367. The van der Waals surface area contributed by atoms with Crippen molar-refractivity contribution in [2.75, 3.05) is 27.2 Å². The molecule has 0 fully saturated rings. The second kappa shape index (κ2) is 8.67. The van der Waals surface area contributed by atoms with Crippen LogP contribution in [-0.2, 0) is 0 Å². The van der Waals surface area contributed by atoms with Gasteiger partial charge in [0.15, 0.2) is 0 Å². The van der Waals surface area contributed by atoms with Crippen molar-refractivity contribution in [1.29, 1.82) is 0 Å². The molecular formula is C19H26N2O2. The smallest absolute Gasteiger partial charge is 0.127 e. The number of nitrogens with zero attached hydrogens (tertiary/aromatic N) is 1. The molecule has 0 aliphatic rings. The second-order valence-corrected chi connectivity index (χ2v) is 6.03. The highest BCUT2D eigenvalue weighted by Gasteiger charge is 2.09. The van der Waals surface area contributed by atoms with Crippen molar-refractivity contribution in [3.63, 3.8) is 0 Å². The summed E-state index contributed by atoms with van der Waals surface area (Å²) in [6, 6.07) is 18.0. The molecule has 0 radical (unpaired) electrons. The fourth-order valence-electron chi connectivity index (χ4n) is 2.37. The highest BCUT2D eigenvalue weighted by molar-refractivity contribution is 5.33. The van der Waals surface area contributed by atoms with Gasteiger partial charge in [0.25, 0.3) is 0 Å². The summed E-state index contributed by atoms with van der Waals surface area (Å²) in [5.74, 6) is 1.65. The van der Waals surface area contributed by atoms with E-state index in [1.807, 2.05) is 73.6 Å². The van der Waals surface area contributed by atoms with E-state index in [2.05, 4.69) is 12.2 Å². The summed E-state index contributed by atoms with van der Waals surface area (Å²) in [5.41, 5.74) is 1.17. The maximum Gasteiger partial charge on any atom is 0.127 e. The Bertz CT molecular complexity index is 570. The van der Waals surface area contributed by atoms with Crippen LogP contribution in [0.1, 0.15) is 18.5 Å². The third-order valence-corrected chi connectivity index (χ3v) is 3.59. The van der Waals surface area contributed by atoms with Crippen molar-refractivity contribution in [3.8, 4) is 11.5 Å². The molecule has 4 heteroatoms. The molecular weight excluding hydrogens is 288 g/mol. The lowest BCUT2D eigenvalue weighted by atomic mass is 10.1. The molecule has 2 unspecified atom stereocenters. The van der Waals surface area contributed by atoms with E-state index in [1.54, 1.807) is 0 Å². The van der Waals surface area contributed by atoms with Gasteiger partial charge in [0.2, 0.25) is 0 Å². The first-order valence-corrected chi connectivity index (χ1v) is 7.93. The number of rotatable bonds is 8. The Labute approximate surface area is 138 Å². The lowest BCUT2D eigenvalue weighted by Crippen LogP contribution is -2.36. The number of aliphatic hydroxyl groups is 1. The number of likely N-dealkylation sites (N-methyl/N-ethyl adjacent to an activating group) is 1. The maximum absolute atomic E-state index is 9.90. The fraction of sp³-hybridized carbons (Fsp3) is 0.368. The number of nitrogens with one attached hydrogen (secondary N) is 1. The SMILES string of the molecule is CC(NCC(O)CN(C)C)c1ccc(Oc2ccccc2)cc1. The van der Waals surface area contributed by atoms with Gasteiger partial charge in [-0.3, -0.25) is 0 Å². The van der Waals surface area contributed by atoms with Crippen LogP contribution in [0.25, 0.3) is 0 Å². The normalized spacial score (nSPS) is 13.8. The predicted molar refractivity (Wildman–Crippen MR) is 93.9 cm³/mol. The maximum atomic E-state index is 9.90. The van der Waals surface area contributed by atoms with Crippen LogP contribution in [0.5, 0.6) is 11.5 Å². The summed E-state index contributed by atoms with van der Waals surface area (Å²) in [5, 5.41) is 13.3. The number of ether oxygens (including phenoxy) is 1. The largest absolute Gasteiger partial charge is 0.457 e. The van der Waals surface area contributed by atoms with Crippen molar-refractivity contribution in [1.82, 2.24) is 10.2 Å². The van der Waals surface area contributed by atoms with Gasteiger partial charge in [-0.25, -0.2) is 0 Å². The molecule has 0 aliphatic carbocycles. The van der Waals surface area contributed by atoms with Crippen molar-refractivity contribution >= 4 is 0 Å². The molecule has 2 aromatic carbocycles. The van der Waals surface area contributed by atoms with Crippen LogP contribution >= 0.6 is 0 Å². The van der Waals surface area contributed by atoms with E-state index in [1.165, 1.54) is 5.56 Å². The van der Waals surface area contributed by atoms with Crippen molar-refractivity contribution < 1.29 is 9.84 Å². The van der Waals surface area contributed by atoms with Crippen LogP contribution in [-0.4, -0.2) is 43.3 Å². The number of benzene rings is 2. The monoisotopic (exact) mass is 314 g/mol. The Kier molecular flexibility index (Phi) is 6.59. The van der Waals surface area contributed by atoms with E-state index in [-0.39, 0.29) is 12.1 Å². The van der Waals surface area contributed by atoms with Crippen LogP contribution in [0.2, 0.25) is 0 Å². The molecule has 0 amide bonds. The molecule has 2 rings (SSSR count). The van der Waals surface area contributed by atoms with E-state index in [0.29, 0.717) is 13.1 Å². The summed E-state index contributed by atoms with van der Waals surface area (Å²) in [6.45, 7) is 3.32. The highest BCUT2D eigenvalue weighted by Crippen LogP contribution is 2.23. The van der Waals surface area contributed by atoms with Crippen LogP contribution in [0, 0.1) is 0 Å². The minimum absolute atomic E-state index is 0.178. The summed E-state index contributed by atoms with van der Waals surface area (Å²) in [4.78, 5) is 1.98. The van der Waals surface area contributed by atoms with Gasteiger partial charge >= 0.3 is 0 Å². The van der Waals surface area contributed by atoms with Gasteiger partial charge in [-0.1, -0.05) is 30.3 Å². The molecule has 2 N–H and O–H groups in total. The van der Waals surface area contributed by atoms with E-state index in [0.717, 1.165) is 11.5 Å². The average Bonchev–Trinajstić information content (AvgIpc) is 2.54. The van der Waals surface area contributed by atoms with Crippen molar-refractivity contribution in [2.45, 2.75) is 19.1 Å². The molecule has 124 valence electrons. The van der Waals surface area contributed by atoms with Crippen molar-refractivity contribution in [3.05, 3.63) is 60.2 Å². The zero-order chi connectivity index (χ0) is 16.7. The number of para-hydroxylation sites is 1. The molecule has 0 spiro atoms. The molecule has 0 heterocycles.